The zero-order valence-corrected chi connectivity index (χ0v) is 11.5. The van der Waals surface area contributed by atoms with E-state index in [4.69, 9.17) is 18.0 Å². The Kier molecular flexibility index (Phi) is 4.88. The smallest absolute Gasteiger partial charge is 0.235 e. The van der Waals surface area contributed by atoms with Crippen molar-refractivity contribution in [1.29, 1.82) is 0 Å². The molecule has 4 nitrogen and oxygen atoms in total. The van der Waals surface area contributed by atoms with Gasteiger partial charge >= 0.3 is 0 Å². The lowest BCUT2D eigenvalue weighted by molar-refractivity contribution is -0.139. The Morgan fingerprint density at radius 3 is 2.12 bits per heavy atom. The number of nitrogens with zero attached hydrogens (tertiary/aromatic N) is 1. The van der Waals surface area contributed by atoms with E-state index in [1.54, 1.807) is 27.8 Å². The lowest BCUT2D eigenvalue weighted by Gasteiger charge is -2.33. The van der Waals surface area contributed by atoms with Crippen LogP contribution in [-0.4, -0.2) is 40.1 Å². The molecule has 1 unspecified atom stereocenters. The molecule has 0 bridgehead atoms. The fraction of sp³-hybridized carbons (Fsp3) is 0.818. The van der Waals surface area contributed by atoms with Crippen LogP contribution in [0.25, 0.3) is 0 Å². The molecule has 0 rings (SSSR count). The van der Waals surface area contributed by atoms with Crippen LogP contribution in [0.3, 0.4) is 0 Å². The lowest BCUT2D eigenvalue weighted by atomic mass is 9.85. The van der Waals surface area contributed by atoms with Crippen LogP contribution in [0.4, 0.5) is 0 Å². The van der Waals surface area contributed by atoms with Gasteiger partial charge in [0.25, 0.3) is 0 Å². The number of carbonyl (C=O) groups is 1. The quantitative estimate of drug-likeness (QED) is 0.708. The van der Waals surface area contributed by atoms with Crippen molar-refractivity contribution in [2.45, 2.75) is 39.7 Å². The molecule has 5 heteroatoms. The number of hydrogen-bond donors (Lipinski definition) is 2. The third-order valence-electron chi connectivity index (χ3n) is 2.69. The molecular weight excluding hydrogens is 224 g/mol. The SMILES string of the molecule is CCC(C)(C(=O)N(C)CC(C)(C)O)C(N)=S. The van der Waals surface area contributed by atoms with Crippen molar-refractivity contribution in [2.24, 2.45) is 11.1 Å². The zero-order chi connectivity index (χ0) is 13.1. The second-order valence-electron chi connectivity index (χ2n) is 5.02. The summed E-state index contributed by atoms with van der Waals surface area (Å²) in [5, 5.41) is 9.66. The topological polar surface area (TPSA) is 66.6 Å². The van der Waals surface area contributed by atoms with E-state index >= 15 is 0 Å². The Balaban J connectivity index is 4.84. The second-order valence-corrected chi connectivity index (χ2v) is 5.46. The van der Waals surface area contributed by atoms with Crippen molar-refractivity contribution in [1.82, 2.24) is 4.90 Å². The molecule has 94 valence electrons. The fourth-order valence-electron chi connectivity index (χ4n) is 1.50. The van der Waals surface area contributed by atoms with E-state index in [-0.39, 0.29) is 17.4 Å². The predicted molar refractivity (Wildman–Crippen MR) is 69.1 cm³/mol. The standard InChI is InChI=1S/C11H22N2O2S/c1-6-11(4,8(12)16)9(14)13(5)7-10(2,3)15/h15H,6-7H2,1-5H3,(H2,12,16). The van der Waals surface area contributed by atoms with Gasteiger partial charge in [0.15, 0.2) is 0 Å². The van der Waals surface area contributed by atoms with Gasteiger partial charge in [-0.15, -0.1) is 0 Å². The van der Waals surface area contributed by atoms with Crippen molar-refractivity contribution in [3.63, 3.8) is 0 Å². The molecule has 0 fully saturated rings. The van der Waals surface area contributed by atoms with Gasteiger partial charge in [0, 0.05) is 13.6 Å². The summed E-state index contributed by atoms with van der Waals surface area (Å²) in [7, 11) is 1.65. The minimum atomic E-state index is -0.921. The first-order valence-corrected chi connectivity index (χ1v) is 5.73. The number of hydrogen-bond acceptors (Lipinski definition) is 3. The van der Waals surface area contributed by atoms with Gasteiger partial charge in [0.2, 0.25) is 5.91 Å². The maximum absolute atomic E-state index is 12.2. The van der Waals surface area contributed by atoms with Crippen LogP contribution in [-0.2, 0) is 4.79 Å². The monoisotopic (exact) mass is 246 g/mol. The normalized spacial score (nSPS) is 15.4. The largest absolute Gasteiger partial charge is 0.392 e. The van der Waals surface area contributed by atoms with Gasteiger partial charge in [-0.05, 0) is 27.2 Å². The molecule has 3 N–H and O–H groups in total. The van der Waals surface area contributed by atoms with Gasteiger partial charge < -0.3 is 15.7 Å². The third kappa shape index (κ3) is 3.72. The number of likely N-dealkylation sites (N-methyl/N-ethyl adjacent to an activating group) is 1. The maximum atomic E-state index is 12.2. The second kappa shape index (κ2) is 5.10. The van der Waals surface area contributed by atoms with Crippen molar-refractivity contribution in [3.8, 4) is 0 Å². The molecular formula is C11H22N2O2S. The molecule has 0 aromatic heterocycles. The maximum Gasteiger partial charge on any atom is 0.235 e. The Hall–Kier alpha value is -0.680. The van der Waals surface area contributed by atoms with E-state index in [9.17, 15) is 9.90 Å². The van der Waals surface area contributed by atoms with Gasteiger partial charge in [-0.25, -0.2) is 0 Å². The highest BCUT2D eigenvalue weighted by molar-refractivity contribution is 7.80. The Labute approximate surface area is 103 Å². The van der Waals surface area contributed by atoms with E-state index in [1.807, 2.05) is 6.92 Å². The highest BCUT2D eigenvalue weighted by Crippen LogP contribution is 2.24. The van der Waals surface area contributed by atoms with Crippen LogP contribution in [0.5, 0.6) is 0 Å². The van der Waals surface area contributed by atoms with Crippen molar-refractivity contribution < 1.29 is 9.90 Å². The van der Waals surface area contributed by atoms with Gasteiger partial charge in [-0.2, -0.15) is 0 Å². The summed E-state index contributed by atoms with van der Waals surface area (Å²) in [6.07, 6.45) is 0.553. The number of thiocarbonyl (C=S) groups is 1. The molecule has 0 heterocycles. The molecule has 0 aromatic rings. The fourth-order valence-corrected chi connectivity index (χ4v) is 1.74. The molecule has 0 aliphatic carbocycles. The first-order valence-electron chi connectivity index (χ1n) is 5.32. The summed E-state index contributed by atoms with van der Waals surface area (Å²) in [6, 6.07) is 0. The molecule has 0 aliphatic heterocycles. The van der Waals surface area contributed by atoms with Crippen LogP contribution in [0.15, 0.2) is 0 Å². The summed E-state index contributed by atoms with van der Waals surface area (Å²) < 4.78 is 0. The number of amides is 1. The molecule has 0 saturated heterocycles. The average molecular weight is 246 g/mol. The number of carbonyl (C=O) groups excluding carboxylic acids is 1. The third-order valence-corrected chi connectivity index (χ3v) is 3.14. The highest BCUT2D eigenvalue weighted by Gasteiger charge is 2.37. The van der Waals surface area contributed by atoms with E-state index < -0.39 is 11.0 Å². The Morgan fingerprint density at radius 2 is 1.88 bits per heavy atom. The first-order chi connectivity index (χ1) is 7.04. The average Bonchev–Trinajstić information content (AvgIpc) is 2.12. The van der Waals surface area contributed by atoms with Gasteiger partial charge in [0.1, 0.15) is 0 Å². The summed E-state index contributed by atoms with van der Waals surface area (Å²) in [6.45, 7) is 7.17. The van der Waals surface area contributed by atoms with Crippen molar-refractivity contribution in [3.05, 3.63) is 0 Å². The minimum Gasteiger partial charge on any atom is -0.392 e. The number of nitrogens with two attached hydrogens (primary N) is 1. The van der Waals surface area contributed by atoms with Crippen LogP contribution in [0.1, 0.15) is 34.1 Å². The molecule has 1 atom stereocenters. The summed E-state index contributed by atoms with van der Waals surface area (Å²) in [5.41, 5.74) is 3.86. The summed E-state index contributed by atoms with van der Waals surface area (Å²) in [4.78, 5) is 13.8. The predicted octanol–water partition coefficient (Wildman–Crippen LogP) is 0.918. The highest BCUT2D eigenvalue weighted by atomic mass is 32.1. The Morgan fingerprint density at radius 1 is 1.44 bits per heavy atom. The lowest BCUT2D eigenvalue weighted by Crippen LogP contribution is -2.50. The van der Waals surface area contributed by atoms with E-state index in [1.165, 1.54) is 4.90 Å². The zero-order valence-electron chi connectivity index (χ0n) is 10.7. The van der Waals surface area contributed by atoms with Gasteiger partial charge in [-0.1, -0.05) is 19.1 Å². The van der Waals surface area contributed by atoms with Gasteiger partial charge in [-0.3, -0.25) is 4.79 Å². The molecule has 0 aliphatic rings. The summed E-state index contributed by atoms with van der Waals surface area (Å²) in [5.74, 6) is -0.148. The molecule has 0 saturated carbocycles. The molecule has 0 aromatic carbocycles. The first kappa shape index (κ1) is 15.3. The van der Waals surface area contributed by atoms with E-state index in [2.05, 4.69) is 0 Å². The molecule has 0 spiro atoms. The van der Waals surface area contributed by atoms with Crippen molar-refractivity contribution >= 4 is 23.1 Å². The molecule has 0 radical (unpaired) electrons. The minimum absolute atomic E-state index is 0.148. The van der Waals surface area contributed by atoms with Crippen LogP contribution in [0.2, 0.25) is 0 Å². The van der Waals surface area contributed by atoms with E-state index in [0.29, 0.717) is 6.42 Å². The van der Waals surface area contributed by atoms with Crippen LogP contribution < -0.4 is 5.73 Å². The van der Waals surface area contributed by atoms with Crippen molar-refractivity contribution in [2.75, 3.05) is 13.6 Å². The summed E-state index contributed by atoms with van der Waals surface area (Å²) >= 11 is 4.93. The number of aliphatic hydroxyl groups is 1. The Bertz CT molecular complexity index is 286. The van der Waals surface area contributed by atoms with E-state index in [0.717, 1.165) is 0 Å². The number of rotatable bonds is 5. The van der Waals surface area contributed by atoms with Crippen LogP contribution >= 0.6 is 12.2 Å². The van der Waals surface area contributed by atoms with Crippen LogP contribution in [0, 0.1) is 5.41 Å². The van der Waals surface area contributed by atoms with Gasteiger partial charge in [0.05, 0.1) is 16.0 Å². The molecule has 16 heavy (non-hydrogen) atoms. The molecule has 1 amide bonds.